The van der Waals surface area contributed by atoms with E-state index < -0.39 is 11.9 Å². The maximum absolute atomic E-state index is 12.6. The van der Waals surface area contributed by atoms with Crippen LogP contribution >= 0.6 is 35.3 Å². The molecular formula is C15H24F3IN4O2S. The van der Waals surface area contributed by atoms with Gasteiger partial charge in [0.15, 0.2) is 11.7 Å². The van der Waals surface area contributed by atoms with Crippen LogP contribution in [0.1, 0.15) is 31.0 Å². The molecule has 1 aromatic heterocycles. The molecule has 0 spiro atoms. The summed E-state index contributed by atoms with van der Waals surface area (Å²) in [6.07, 6.45) is -3.40. The van der Waals surface area contributed by atoms with Crippen molar-refractivity contribution in [2.75, 3.05) is 26.4 Å². The molecule has 1 aliphatic heterocycles. The Kier molecular flexibility index (Phi) is 10.1. The molecule has 1 aromatic rings. The average Bonchev–Trinajstić information content (AvgIpc) is 3.22. The van der Waals surface area contributed by atoms with Gasteiger partial charge in [-0.3, -0.25) is 0 Å². The van der Waals surface area contributed by atoms with Crippen LogP contribution in [-0.2, 0) is 22.2 Å². The van der Waals surface area contributed by atoms with Crippen LogP contribution in [0.15, 0.2) is 10.4 Å². The van der Waals surface area contributed by atoms with Crippen molar-refractivity contribution in [2.24, 2.45) is 4.99 Å². The molecule has 0 amide bonds. The third kappa shape index (κ3) is 7.92. The van der Waals surface area contributed by atoms with Crippen LogP contribution in [0.3, 0.4) is 0 Å². The topological polar surface area (TPSA) is 67.8 Å². The zero-order valence-corrected chi connectivity index (χ0v) is 17.8. The second-order valence-corrected chi connectivity index (χ2v) is 6.63. The lowest BCUT2D eigenvalue weighted by molar-refractivity contribution is -0.140. The van der Waals surface area contributed by atoms with Crippen LogP contribution in [-0.4, -0.2) is 49.5 Å². The molecule has 0 aliphatic carbocycles. The fourth-order valence-corrected chi connectivity index (χ4v) is 2.90. The van der Waals surface area contributed by atoms with Crippen LogP contribution in [0.2, 0.25) is 0 Å². The van der Waals surface area contributed by atoms with Crippen LogP contribution in [0.5, 0.6) is 0 Å². The number of rotatable bonds is 7. The first-order chi connectivity index (χ1) is 11.9. The molecule has 0 aromatic carbocycles. The van der Waals surface area contributed by atoms with E-state index in [0.717, 1.165) is 29.7 Å². The predicted octanol–water partition coefficient (Wildman–Crippen LogP) is 3.03. The van der Waals surface area contributed by atoms with Gasteiger partial charge in [-0.25, -0.2) is 9.98 Å². The molecule has 26 heavy (non-hydrogen) atoms. The molecule has 2 N–H and O–H groups in total. The molecule has 0 saturated carbocycles. The monoisotopic (exact) mass is 508 g/mol. The van der Waals surface area contributed by atoms with Crippen LogP contribution < -0.4 is 10.6 Å². The summed E-state index contributed by atoms with van der Waals surface area (Å²) in [7, 11) is 0. The highest BCUT2D eigenvalue weighted by Crippen LogP contribution is 2.30. The molecule has 2 heterocycles. The average molecular weight is 508 g/mol. The standard InChI is InChI=1S/C15H23F3N4O2S.HI/c1-3-19-14(21-10(2)7-24-11-4-5-23-8-11)20-6-13-22-12(9-25-13)15(16,17)18;/h9-11H,3-8H2,1-2H3,(H2,19,20,21);1H. The summed E-state index contributed by atoms with van der Waals surface area (Å²) >= 11 is 0.950. The Morgan fingerprint density at radius 3 is 2.88 bits per heavy atom. The van der Waals surface area contributed by atoms with E-state index in [0.29, 0.717) is 30.7 Å². The van der Waals surface area contributed by atoms with E-state index in [9.17, 15) is 13.2 Å². The second-order valence-electron chi connectivity index (χ2n) is 5.68. The molecule has 2 unspecified atom stereocenters. The third-order valence-electron chi connectivity index (χ3n) is 3.41. The lowest BCUT2D eigenvalue weighted by Crippen LogP contribution is -2.44. The van der Waals surface area contributed by atoms with Gasteiger partial charge >= 0.3 is 6.18 Å². The number of halogens is 4. The summed E-state index contributed by atoms with van der Waals surface area (Å²) in [5.41, 5.74) is -0.874. The van der Waals surface area contributed by atoms with Gasteiger partial charge in [-0.15, -0.1) is 35.3 Å². The molecule has 0 radical (unpaired) electrons. The van der Waals surface area contributed by atoms with Crippen LogP contribution in [0.4, 0.5) is 13.2 Å². The maximum Gasteiger partial charge on any atom is 0.434 e. The fourth-order valence-electron chi connectivity index (χ4n) is 2.18. The molecule has 1 aliphatic rings. The number of aromatic nitrogens is 1. The van der Waals surface area contributed by atoms with Crippen molar-refractivity contribution in [2.45, 2.75) is 45.1 Å². The van der Waals surface area contributed by atoms with E-state index in [1.165, 1.54) is 0 Å². The highest BCUT2D eigenvalue weighted by Gasteiger charge is 2.33. The summed E-state index contributed by atoms with van der Waals surface area (Å²) < 4.78 is 48.7. The number of ether oxygens (including phenoxy) is 2. The number of hydrogen-bond donors (Lipinski definition) is 2. The second kappa shape index (κ2) is 11.2. The molecule has 6 nitrogen and oxygen atoms in total. The van der Waals surface area contributed by atoms with Gasteiger partial charge in [0.2, 0.25) is 0 Å². The summed E-state index contributed by atoms with van der Waals surface area (Å²) in [6, 6.07) is 0.000399. The van der Waals surface area contributed by atoms with Crippen molar-refractivity contribution in [3.8, 4) is 0 Å². The zero-order chi connectivity index (χ0) is 18.3. The third-order valence-corrected chi connectivity index (χ3v) is 4.25. The number of hydrogen-bond acceptors (Lipinski definition) is 5. The quantitative estimate of drug-likeness (QED) is 0.337. The lowest BCUT2D eigenvalue weighted by atomic mass is 10.3. The van der Waals surface area contributed by atoms with Crippen LogP contribution in [0.25, 0.3) is 0 Å². The zero-order valence-electron chi connectivity index (χ0n) is 14.6. The fraction of sp³-hybridized carbons (Fsp3) is 0.733. The van der Waals surface area contributed by atoms with E-state index in [-0.39, 0.29) is 42.7 Å². The first kappa shape index (κ1) is 23.4. The minimum absolute atomic E-state index is 0. The van der Waals surface area contributed by atoms with Gasteiger partial charge in [0, 0.05) is 24.6 Å². The molecule has 11 heteroatoms. The SMILES string of the molecule is CCNC(=NCc1nc(C(F)(F)F)cs1)NC(C)COC1CCOC1.I. The molecule has 150 valence electrons. The van der Waals surface area contributed by atoms with E-state index in [4.69, 9.17) is 9.47 Å². The lowest BCUT2D eigenvalue weighted by Gasteiger charge is -2.19. The van der Waals surface area contributed by atoms with E-state index in [1.54, 1.807) is 0 Å². The number of guanidine groups is 1. The van der Waals surface area contributed by atoms with Crippen LogP contribution in [0, 0.1) is 0 Å². The Labute approximate surface area is 172 Å². The molecule has 1 saturated heterocycles. The highest BCUT2D eigenvalue weighted by molar-refractivity contribution is 14.0. The van der Waals surface area contributed by atoms with Gasteiger partial charge in [-0.2, -0.15) is 13.2 Å². The number of thiazole rings is 1. The minimum Gasteiger partial charge on any atom is -0.379 e. The van der Waals surface area contributed by atoms with Gasteiger partial charge < -0.3 is 20.1 Å². The van der Waals surface area contributed by atoms with Gasteiger partial charge in [0.05, 0.1) is 25.9 Å². The molecule has 2 atom stereocenters. The first-order valence-electron chi connectivity index (χ1n) is 8.14. The Morgan fingerprint density at radius 1 is 1.54 bits per heavy atom. The summed E-state index contributed by atoms with van der Waals surface area (Å²) in [6.45, 7) is 6.43. The largest absolute Gasteiger partial charge is 0.434 e. The molecule has 0 bridgehead atoms. The molecule has 1 fully saturated rings. The van der Waals surface area contributed by atoms with Gasteiger partial charge in [0.25, 0.3) is 0 Å². The Balaban J connectivity index is 0.00000338. The van der Waals surface area contributed by atoms with Gasteiger partial charge in [-0.05, 0) is 20.3 Å². The van der Waals surface area contributed by atoms with E-state index in [2.05, 4.69) is 20.6 Å². The van der Waals surface area contributed by atoms with Crippen molar-refractivity contribution in [3.05, 3.63) is 16.1 Å². The molecule has 2 rings (SSSR count). The number of nitrogens with one attached hydrogen (secondary N) is 2. The summed E-state index contributed by atoms with van der Waals surface area (Å²) in [5, 5.41) is 7.56. The van der Waals surface area contributed by atoms with Crippen molar-refractivity contribution in [1.82, 2.24) is 15.6 Å². The van der Waals surface area contributed by atoms with Gasteiger partial charge in [-0.1, -0.05) is 0 Å². The Hall–Kier alpha value is -0.660. The van der Waals surface area contributed by atoms with Crippen molar-refractivity contribution in [3.63, 3.8) is 0 Å². The number of alkyl halides is 3. The summed E-state index contributed by atoms with van der Waals surface area (Å²) in [5.74, 6) is 0.519. The number of nitrogens with zero attached hydrogens (tertiary/aromatic N) is 2. The maximum atomic E-state index is 12.6. The van der Waals surface area contributed by atoms with E-state index >= 15 is 0 Å². The smallest absolute Gasteiger partial charge is 0.379 e. The molecular weight excluding hydrogens is 484 g/mol. The Bertz CT molecular complexity index is 565. The Morgan fingerprint density at radius 2 is 2.31 bits per heavy atom. The normalized spacial score (nSPS) is 19.1. The highest BCUT2D eigenvalue weighted by atomic mass is 127. The summed E-state index contributed by atoms with van der Waals surface area (Å²) in [4.78, 5) is 7.87. The predicted molar refractivity (Wildman–Crippen MR) is 105 cm³/mol. The first-order valence-corrected chi connectivity index (χ1v) is 9.02. The van der Waals surface area contributed by atoms with E-state index in [1.807, 2.05) is 13.8 Å². The minimum atomic E-state index is -4.42. The van der Waals surface area contributed by atoms with Crippen molar-refractivity contribution < 1.29 is 22.6 Å². The van der Waals surface area contributed by atoms with Gasteiger partial charge in [0.1, 0.15) is 5.01 Å². The van der Waals surface area contributed by atoms with Crippen molar-refractivity contribution in [1.29, 1.82) is 0 Å². The van der Waals surface area contributed by atoms with Crippen molar-refractivity contribution >= 4 is 41.3 Å². The number of aliphatic imine (C=N–C) groups is 1.